The molecule has 0 aliphatic rings. The van der Waals surface area contributed by atoms with Crippen LogP contribution in [0.5, 0.6) is 0 Å². The van der Waals surface area contributed by atoms with Crippen LogP contribution in [0.1, 0.15) is 51.3 Å². The van der Waals surface area contributed by atoms with E-state index in [1.807, 2.05) is 61.5 Å². The summed E-state index contributed by atoms with van der Waals surface area (Å²) in [6, 6.07) is 23.4. The van der Waals surface area contributed by atoms with Gasteiger partial charge in [0.15, 0.2) is 12.0 Å². The summed E-state index contributed by atoms with van der Waals surface area (Å²) in [5.41, 5.74) is 5.16. The van der Waals surface area contributed by atoms with E-state index in [9.17, 15) is 24.6 Å². The molecular formula is C32H29FN2O5. The zero-order valence-corrected chi connectivity index (χ0v) is 21.9. The number of hydrogen-bond donors (Lipinski definition) is 3. The highest BCUT2D eigenvalue weighted by molar-refractivity contribution is 5.83. The molecule has 2 aromatic heterocycles. The molecule has 0 saturated carbocycles. The van der Waals surface area contributed by atoms with Crippen LogP contribution in [0.2, 0.25) is 0 Å². The first-order valence-electron chi connectivity index (χ1n) is 12.9. The molecule has 0 fully saturated rings. The summed E-state index contributed by atoms with van der Waals surface area (Å²) in [6.45, 7) is 1.91. The van der Waals surface area contributed by atoms with Crippen LogP contribution in [-0.2, 0) is 24.2 Å². The van der Waals surface area contributed by atoms with E-state index in [1.54, 1.807) is 18.2 Å². The summed E-state index contributed by atoms with van der Waals surface area (Å²) in [7, 11) is 0. The number of carbonyl (C=O) groups is 1. The Labute approximate surface area is 230 Å². The number of aryl methyl sites for hydroxylation is 1. The Kier molecular flexibility index (Phi) is 7.91. The topological polar surface area (TPSA) is 110 Å². The van der Waals surface area contributed by atoms with Gasteiger partial charge in [0.1, 0.15) is 17.4 Å². The van der Waals surface area contributed by atoms with Crippen LogP contribution in [0.25, 0.3) is 11.0 Å². The predicted octanol–water partition coefficient (Wildman–Crippen LogP) is 4.73. The van der Waals surface area contributed by atoms with E-state index >= 15 is 0 Å². The lowest BCUT2D eigenvalue weighted by Crippen LogP contribution is -2.31. The van der Waals surface area contributed by atoms with Crippen molar-refractivity contribution < 1.29 is 28.5 Å². The number of furan rings is 1. The van der Waals surface area contributed by atoms with Crippen molar-refractivity contribution >= 4 is 16.9 Å². The summed E-state index contributed by atoms with van der Waals surface area (Å²) < 4.78 is 20.2. The number of aromatic nitrogens is 1. The number of halogens is 1. The van der Waals surface area contributed by atoms with E-state index < -0.39 is 11.9 Å². The van der Waals surface area contributed by atoms with Gasteiger partial charge in [0.05, 0.1) is 19.1 Å². The zero-order valence-electron chi connectivity index (χ0n) is 21.9. The molecule has 0 aliphatic heterocycles. The van der Waals surface area contributed by atoms with Crippen molar-refractivity contribution in [2.24, 2.45) is 0 Å². The van der Waals surface area contributed by atoms with E-state index in [4.69, 9.17) is 4.42 Å². The molecule has 2 heterocycles. The van der Waals surface area contributed by atoms with Gasteiger partial charge < -0.3 is 25.2 Å². The number of fused-ring (bicyclic) bond motifs is 1. The fourth-order valence-corrected chi connectivity index (χ4v) is 4.89. The monoisotopic (exact) mass is 540 g/mol. The van der Waals surface area contributed by atoms with E-state index in [0.29, 0.717) is 15.7 Å². The first-order chi connectivity index (χ1) is 19.3. The Hall–Kier alpha value is -4.53. The second-order valence-corrected chi connectivity index (χ2v) is 9.86. The van der Waals surface area contributed by atoms with Crippen LogP contribution in [0.4, 0.5) is 4.39 Å². The third-order valence-electron chi connectivity index (χ3n) is 6.94. The summed E-state index contributed by atoms with van der Waals surface area (Å²) >= 11 is 0. The number of benzene rings is 3. The maximum atomic E-state index is 14.1. The molecule has 0 saturated heterocycles. The van der Waals surface area contributed by atoms with Gasteiger partial charge in [0, 0.05) is 23.4 Å². The van der Waals surface area contributed by atoms with Crippen molar-refractivity contribution in [2.75, 3.05) is 0 Å². The van der Waals surface area contributed by atoms with Gasteiger partial charge >= 0.3 is 0 Å². The van der Waals surface area contributed by atoms with Crippen LogP contribution in [0, 0.1) is 17.9 Å². The Balaban J connectivity index is 1.33. The minimum atomic E-state index is -1.11. The summed E-state index contributed by atoms with van der Waals surface area (Å²) in [5, 5.41) is 35.2. The molecule has 0 bridgehead atoms. The van der Waals surface area contributed by atoms with Crippen LogP contribution in [0.3, 0.4) is 0 Å². The Bertz CT molecular complexity index is 1650. The summed E-state index contributed by atoms with van der Waals surface area (Å²) in [5.74, 6) is -0.604. The van der Waals surface area contributed by atoms with E-state index in [1.165, 1.54) is 12.3 Å². The van der Waals surface area contributed by atoms with E-state index in [2.05, 4.69) is 5.32 Å². The zero-order chi connectivity index (χ0) is 28.2. The molecule has 8 heteroatoms. The normalized spacial score (nSPS) is 12.8. The minimum absolute atomic E-state index is 0.0523. The molecule has 204 valence electrons. The molecule has 3 aromatic carbocycles. The molecule has 2 unspecified atom stereocenters. The molecule has 0 aliphatic carbocycles. The summed E-state index contributed by atoms with van der Waals surface area (Å²) in [6.07, 6.45) is 0.950. The highest BCUT2D eigenvalue weighted by Gasteiger charge is 2.21. The Morgan fingerprint density at radius 1 is 1.05 bits per heavy atom. The third kappa shape index (κ3) is 6.03. The van der Waals surface area contributed by atoms with Crippen molar-refractivity contribution in [3.8, 4) is 0 Å². The SMILES string of the molecule is Cc1cc(CO)ccc1C(NC(=O)Cc1ccc2oc(C(O)Cc3cc[n+]([O-])cc3F)cc2c1)c1ccccc1. The molecule has 0 radical (unpaired) electrons. The second kappa shape index (κ2) is 11.7. The molecule has 7 nitrogen and oxygen atoms in total. The molecule has 40 heavy (non-hydrogen) atoms. The van der Waals surface area contributed by atoms with E-state index in [0.717, 1.165) is 34.0 Å². The number of aliphatic hydroxyl groups is 2. The number of nitrogens with one attached hydrogen (secondary N) is 1. The fourth-order valence-electron chi connectivity index (χ4n) is 4.89. The molecule has 5 rings (SSSR count). The van der Waals surface area contributed by atoms with Crippen LogP contribution >= 0.6 is 0 Å². The lowest BCUT2D eigenvalue weighted by atomic mass is 9.93. The van der Waals surface area contributed by atoms with Crippen molar-refractivity contribution in [1.82, 2.24) is 5.32 Å². The lowest BCUT2D eigenvalue weighted by molar-refractivity contribution is -0.607. The average Bonchev–Trinajstić information content (AvgIpc) is 3.37. The van der Waals surface area contributed by atoms with Gasteiger partial charge in [-0.3, -0.25) is 4.79 Å². The van der Waals surface area contributed by atoms with Gasteiger partial charge in [-0.1, -0.05) is 54.6 Å². The second-order valence-electron chi connectivity index (χ2n) is 9.86. The number of rotatable bonds is 9. The van der Waals surface area contributed by atoms with Gasteiger partial charge in [0.2, 0.25) is 12.1 Å². The molecule has 1 amide bonds. The highest BCUT2D eigenvalue weighted by atomic mass is 19.1. The highest BCUT2D eigenvalue weighted by Crippen LogP contribution is 2.29. The number of aliphatic hydroxyl groups excluding tert-OH is 2. The number of nitrogens with zero attached hydrogens (tertiary/aromatic N) is 1. The molecule has 5 aromatic rings. The van der Waals surface area contributed by atoms with E-state index in [-0.39, 0.29) is 42.7 Å². The van der Waals surface area contributed by atoms with Crippen molar-refractivity contribution in [1.29, 1.82) is 0 Å². The predicted molar refractivity (Wildman–Crippen MR) is 147 cm³/mol. The first-order valence-corrected chi connectivity index (χ1v) is 12.9. The van der Waals surface area contributed by atoms with Crippen molar-refractivity contribution in [3.05, 3.63) is 141 Å². The van der Waals surface area contributed by atoms with Crippen LogP contribution < -0.4 is 10.0 Å². The quantitative estimate of drug-likeness (QED) is 0.185. The molecule has 2 atom stereocenters. The maximum Gasteiger partial charge on any atom is 0.225 e. The fraction of sp³-hybridized carbons (Fsp3) is 0.188. The van der Waals surface area contributed by atoms with Gasteiger partial charge in [-0.05, 0) is 52.9 Å². The van der Waals surface area contributed by atoms with Gasteiger partial charge in [-0.15, -0.1) is 0 Å². The number of carbonyl (C=O) groups excluding carboxylic acids is 1. The Morgan fingerprint density at radius 3 is 2.55 bits per heavy atom. The molecular weight excluding hydrogens is 511 g/mol. The van der Waals surface area contributed by atoms with Crippen LogP contribution in [-0.4, -0.2) is 16.1 Å². The van der Waals surface area contributed by atoms with Crippen LogP contribution in [0.15, 0.2) is 95.7 Å². The smallest absolute Gasteiger partial charge is 0.225 e. The average molecular weight is 541 g/mol. The summed E-state index contributed by atoms with van der Waals surface area (Å²) in [4.78, 5) is 13.2. The molecule has 3 N–H and O–H groups in total. The standard InChI is InChI=1S/C32H29FN2O5/c1-20-13-22(19-36)7-9-26(20)32(23-5-3-2-4-6-23)34-31(38)15-21-8-10-29-25(14-21)17-30(40-29)28(37)16-24-11-12-35(39)18-27(24)33/h2-14,17-18,28,32,36-37H,15-16,19H2,1H3,(H,34,38). The van der Waals surface area contributed by atoms with Gasteiger partial charge in [-0.2, -0.15) is 4.73 Å². The Morgan fingerprint density at radius 2 is 1.82 bits per heavy atom. The van der Waals surface area contributed by atoms with Gasteiger partial charge in [0.25, 0.3) is 0 Å². The minimum Gasteiger partial charge on any atom is -0.619 e. The number of hydrogen-bond acceptors (Lipinski definition) is 5. The number of amides is 1. The third-order valence-corrected chi connectivity index (χ3v) is 6.94. The number of pyridine rings is 1. The van der Waals surface area contributed by atoms with Gasteiger partial charge in [-0.25, -0.2) is 4.39 Å². The van der Waals surface area contributed by atoms with Crippen molar-refractivity contribution in [2.45, 2.75) is 38.5 Å². The maximum absolute atomic E-state index is 14.1. The lowest BCUT2D eigenvalue weighted by Gasteiger charge is -2.22. The molecule has 0 spiro atoms. The first kappa shape index (κ1) is 27.1. The largest absolute Gasteiger partial charge is 0.619 e. The van der Waals surface area contributed by atoms with Crippen molar-refractivity contribution in [3.63, 3.8) is 0 Å².